The van der Waals surface area contributed by atoms with E-state index >= 15 is 0 Å². The van der Waals surface area contributed by atoms with Gasteiger partial charge >= 0.3 is 0 Å². The summed E-state index contributed by atoms with van der Waals surface area (Å²) in [7, 11) is 0. The van der Waals surface area contributed by atoms with Gasteiger partial charge in [0.2, 0.25) is 0 Å². The van der Waals surface area contributed by atoms with Crippen LogP contribution in [0, 0.1) is 20.8 Å². The number of hydrogen-bond donors (Lipinski definition) is 1. The fourth-order valence-electron chi connectivity index (χ4n) is 1.34. The molecule has 70 valence electrons. The molecule has 0 aliphatic rings. The summed E-state index contributed by atoms with van der Waals surface area (Å²) in [5.41, 5.74) is 4.32. The van der Waals surface area contributed by atoms with Gasteiger partial charge in [-0.3, -0.25) is 4.79 Å². The molecular formula is C11H14OS. The van der Waals surface area contributed by atoms with E-state index in [4.69, 9.17) is 0 Å². The summed E-state index contributed by atoms with van der Waals surface area (Å²) in [5.74, 6) is 0.382. The average Bonchev–Trinajstić information content (AvgIpc) is 2.13. The standard InChI is InChI=1S/C11H14OS/c1-7-4-5-10(11(12)6-13)9(3)8(7)2/h4-5,13H,6H2,1-3H3. The summed E-state index contributed by atoms with van der Waals surface area (Å²) in [6, 6.07) is 3.87. The summed E-state index contributed by atoms with van der Waals surface area (Å²) >= 11 is 3.98. The summed E-state index contributed by atoms with van der Waals surface area (Å²) in [5, 5.41) is 0. The first-order chi connectivity index (χ1) is 6.07. The second-order valence-electron chi connectivity index (χ2n) is 3.26. The smallest absolute Gasteiger partial charge is 0.172 e. The Balaban J connectivity index is 3.26. The van der Waals surface area contributed by atoms with Crippen LogP contribution in [0.15, 0.2) is 12.1 Å². The van der Waals surface area contributed by atoms with Crippen LogP contribution < -0.4 is 0 Å². The Bertz CT molecular complexity index is 342. The minimum atomic E-state index is 0.101. The highest BCUT2D eigenvalue weighted by Crippen LogP contribution is 2.17. The van der Waals surface area contributed by atoms with Crippen molar-refractivity contribution in [1.29, 1.82) is 0 Å². The lowest BCUT2D eigenvalue weighted by Crippen LogP contribution is -2.04. The zero-order valence-electron chi connectivity index (χ0n) is 8.22. The van der Waals surface area contributed by atoms with Crippen LogP contribution in [0.2, 0.25) is 0 Å². The molecule has 0 saturated heterocycles. The minimum Gasteiger partial charge on any atom is -0.293 e. The van der Waals surface area contributed by atoms with Gasteiger partial charge in [-0.05, 0) is 37.5 Å². The average molecular weight is 194 g/mol. The van der Waals surface area contributed by atoms with Crippen molar-refractivity contribution < 1.29 is 4.79 Å². The fraction of sp³-hybridized carbons (Fsp3) is 0.364. The second kappa shape index (κ2) is 3.97. The normalized spacial score (nSPS) is 10.2. The third-order valence-corrected chi connectivity index (χ3v) is 2.79. The molecule has 0 bridgehead atoms. The first kappa shape index (κ1) is 10.3. The van der Waals surface area contributed by atoms with E-state index in [0.29, 0.717) is 0 Å². The van der Waals surface area contributed by atoms with Crippen LogP contribution in [0.25, 0.3) is 0 Å². The van der Waals surface area contributed by atoms with Gasteiger partial charge in [-0.25, -0.2) is 0 Å². The van der Waals surface area contributed by atoms with E-state index in [-0.39, 0.29) is 11.5 Å². The molecule has 0 aliphatic carbocycles. The van der Waals surface area contributed by atoms with Crippen LogP contribution in [0.4, 0.5) is 0 Å². The summed E-state index contributed by atoms with van der Waals surface area (Å²) in [6.45, 7) is 6.08. The molecule has 13 heavy (non-hydrogen) atoms. The molecule has 0 aliphatic heterocycles. The Hall–Kier alpha value is -0.760. The lowest BCUT2D eigenvalue weighted by Gasteiger charge is -2.08. The lowest BCUT2D eigenvalue weighted by atomic mass is 9.97. The predicted octanol–water partition coefficient (Wildman–Crippen LogP) is 2.72. The van der Waals surface area contributed by atoms with Crippen LogP contribution in [0.1, 0.15) is 27.0 Å². The van der Waals surface area contributed by atoms with Gasteiger partial charge in [-0.15, -0.1) is 0 Å². The van der Waals surface area contributed by atoms with Crippen molar-refractivity contribution in [2.45, 2.75) is 20.8 Å². The molecule has 2 heteroatoms. The van der Waals surface area contributed by atoms with Crippen molar-refractivity contribution in [2.75, 3.05) is 5.75 Å². The Morgan fingerprint density at radius 2 is 1.85 bits per heavy atom. The van der Waals surface area contributed by atoms with Crippen molar-refractivity contribution >= 4 is 18.4 Å². The van der Waals surface area contributed by atoms with Gasteiger partial charge in [0.1, 0.15) is 0 Å². The van der Waals surface area contributed by atoms with Crippen LogP contribution >= 0.6 is 12.6 Å². The lowest BCUT2D eigenvalue weighted by molar-refractivity contribution is 0.102. The van der Waals surface area contributed by atoms with Crippen LogP contribution in [-0.4, -0.2) is 11.5 Å². The van der Waals surface area contributed by atoms with E-state index in [2.05, 4.69) is 19.6 Å². The molecule has 1 aromatic rings. The van der Waals surface area contributed by atoms with Gasteiger partial charge in [0.15, 0.2) is 5.78 Å². The van der Waals surface area contributed by atoms with E-state index in [0.717, 1.165) is 11.1 Å². The molecule has 0 fully saturated rings. The molecule has 0 radical (unpaired) electrons. The van der Waals surface area contributed by atoms with Gasteiger partial charge in [0.05, 0.1) is 5.75 Å². The number of thiol groups is 1. The van der Waals surface area contributed by atoms with Gasteiger partial charge in [-0.2, -0.15) is 12.6 Å². The van der Waals surface area contributed by atoms with Gasteiger partial charge < -0.3 is 0 Å². The topological polar surface area (TPSA) is 17.1 Å². The molecule has 0 aromatic heterocycles. The third-order valence-electron chi connectivity index (χ3n) is 2.50. The number of aryl methyl sites for hydroxylation is 1. The maximum absolute atomic E-state index is 11.4. The van der Waals surface area contributed by atoms with Crippen molar-refractivity contribution in [1.82, 2.24) is 0 Å². The molecule has 0 spiro atoms. The molecule has 0 atom stereocenters. The number of benzene rings is 1. The summed E-state index contributed by atoms with van der Waals surface area (Å²) in [4.78, 5) is 11.4. The van der Waals surface area contributed by atoms with Crippen LogP contribution in [-0.2, 0) is 0 Å². The summed E-state index contributed by atoms with van der Waals surface area (Å²) < 4.78 is 0. The van der Waals surface area contributed by atoms with Gasteiger partial charge in [0.25, 0.3) is 0 Å². The Morgan fingerprint density at radius 1 is 1.23 bits per heavy atom. The van der Waals surface area contributed by atoms with E-state index in [9.17, 15) is 4.79 Å². The van der Waals surface area contributed by atoms with Gasteiger partial charge in [0, 0.05) is 5.56 Å². The van der Waals surface area contributed by atoms with E-state index in [1.54, 1.807) is 0 Å². The minimum absolute atomic E-state index is 0.101. The summed E-state index contributed by atoms with van der Waals surface area (Å²) in [6.07, 6.45) is 0. The molecule has 0 saturated carbocycles. The van der Waals surface area contributed by atoms with Crippen molar-refractivity contribution in [3.63, 3.8) is 0 Å². The van der Waals surface area contributed by atoms with Crippen molar-refractivity contribution in [3.8, 4) is 0 Å². The molecule has 0 N–H and O–H groups in total. The molecule has 0 unspecified atom stereocenters. The molecule has 1 rings (SSSR count). The fourth-order valence-corrected chi connectivity index (χ4v) is 1.51. The second-order valence-corrected chi connectivity index (χ2v) is 3.58. The first-order valence-electron chi connectivity index (χ1n) is 4.28. The number of Topliss-reactive ketones (excluding diaryl/α,β-unsaturated/α-hetero) is 1. The van der Waals surface area contributed by atoms with E-state index in [1.807, 2.05) is 26.0 Å². The highest BCUT2D eigenvalue weighted by atomic mass is 32.1. The largest absolute Gasteiger partial charge is 0.293 e. The maximum Gasteiger partial charge on any atom is 0.172 e. The molecule has 0 heterocycles. The quantitative estimate of drug-likeness (QED) is 0.566. The highest BCUT2D eigenvalue weighted by Gasteiger charge is 2.09. The van der Waals surface area contributed by atoms with Crippen molar-refractivity contribution in [3.05, 3.63) is 34.4 Å². The predicted molar refractivity (Wildman–Crippen MR) is 58.8 cm³/mol. The Kier molecular flexibility index (Phi) is 3.15. The Morgan fingerprint density at radius 3 is 2.38 bits per heavy atom. The molecule has 1 aromatic carbocycles. The van der Waals surface area contributed by atoms with E-state index < -0.39 is 0 Å². The maximum atomic E-state index is 11.4. The van der Waals surface area contributed by atoms with Crippen LogP contribution in [0.3, 0.4) is 0 Å². The number of rotatable bonds is 2. The Labute approximate surface area is 84.6 Å². The zero-order valence-corrected chi connectivity index (χ0v) is 9.11. The number of ketones is 1. The van der Waals surface area contributed by atoms with Gasteiger partial charge in [-0.1, -0.05) is 12.1 Å². The molecule has 0 amide bonds. The number of carbonyl (C=O) groups is 1. The number of carbonyl (C=O) groups excluding carboxylic acids is 1. The SMILES string of the molecule is Cc1ccc(C(=O)CS)c(C)c1C. The van der Waals surface area contributed by atoms with Crippen LogP contribution in [0.5, 0.6) is 0 Å². The zero-order chi connectivity index (χ0) is 10.0. The molecule has 1 nitrogen and oxygen atoms in total. The first-order valence-corrected chi connectivity index (χ1v) is 4.92. The molecular weight excluding hydrogens is 180 g/mol. The van der Waals surface area contributed by atoms with E-state index in [1.165, 1.54) is 11.1 Å². The monoisotopic (exact) mass is 194 g/mol. The number of hydrogen-bond acceptors (Lipinski definition) is 2. The van der Waals surface area contributed by atoms with Crippen molar-refractivity contribution in [2.24, 2.45) is 0 Å². The third kappa shape index (κ3) is 1.94. The highest BCUT2D eigenvalue weighted by molar-refractivity contribution is 7.81.